The van der Waals surface area contributed by atoms with Crippen molar-refractivity contribution in [2.45, 2.75) is 0 Å². The minimum atomic E-state index is -0.967. The zero-order valence-electron chi connectivity index (χ0n) is 10.4. The highest BCUT2D eigenvalue weighted by atomic mass is 16.7. The molecule has 3 rings (SSSR count). The van der Waals surface area contributed by atoms with Crippen LogP contribution in [0.5, 0.6) is 11.5 Å². The number of aliphatic imine (C=N–C) groups is 1. The van der Waals surface area contributed by atoms with Crippen LogP contribution in [0.2, 0.25) is 0 Å². The molecular formula is C15H11NO4. The minimum absolute atomic E-state index is 0.213. The highest BCUT2D eigenvalue weighted by Gasteiger charge is 2.12. The Morgan fingerprint density at radius 2 is 2.00 bits per heavy atom. The number of ether oxygens (including phenoxy) is 2. The molecule has 0 saturated heterocycles. The predicted molar refractivity (Wildman–Crippen MR) is 73.2 cm³/mol. The van der Waals surface area contributed by atoms with Crippen molar-refractivity contribution in [1.29, 1.82) is 0 Å². The highest BCUT2D eigenvalue weighted by Crippen LogP contribution is 2.32. The van der Waals surface area contributed by atoms with Crippen molar-refractivity contribution in [3.63, 3.8) is 0 Å². The van der Waals surface area contributed by atoms with Crippen LogP contribution < -0.4 is 9.47 Å². The van der Waals surface area contributed by atoms with E-state index in [4.69, 9.17) is 14.6 Å². The fourth-order valence-corrected chi connectivity index (χ4v) is 1.86. The molecule has 100 valence electrons. The van der Waals surface area contributed by atoms with Crippen LogP contribution in [0.25, 0.3) is 0 Å². The molecule has 1 aliphatic rings. The summed E-state index contributed by atoms with van der Waals surface area (Å²) < 4.78 is 10.5. The first-order valence-corrected chi connectivity index (χ1v) is 5.99. The molecule has 0 saturated carbocycles. The van der Waals surface area contributed by atoms with Crippen molar-refractivity contribution in [2.24, 2.45) is 4.99 Å². The normalized spacial score (nSPS) is 12.8. The van der Waals surface area contributed by atoms with Gasteiger partial charge in [0, 0.05) is 6.21 Å². The molecule has 2 aromatic rings. The Bertz CT molecular complexity index is 694. The summed E-state index contributed by atoms with van der Waals surface area (Å²) >= 11 is 0. The van der Waals surface area contributed by atoms with Gasteiger partial charge in [-0.1, -0.05) is 6.07 Å². The Labute approximate surface area is 115 Å². The third-order valence-electron chi connectivity index (χ3n) is 2.85. The van der Waals surface area contributed by atoms with Gasteiger partial charge in [0.2, 0.25) is 6.79 Å². The first-order chi connectivity index (χ1) is 9.72. The fraction of sp³-hybridized carbons (Fsp3) is 0.0667. The van der Waals surface area contributed by atoms with E-state index in [-0.39, 0.29) is 12.4 Å². The van der Waals surface area contributed by atoms with Crippen LogP contribution in [0.15, 0.2) is 47.5 Å². The van der Waals surface area contributed by atoms with E-state index in [1.54, 1.807) is 18.3 Å². The second-order valence-corrected chi connectivity index (χ2v) is 4.23. The lowest BCUT2D eigenvalue weighted by Crippen LogP contribution is -1.94. The second kappa shape index (κ2) is 5.05. The second-order valence-electron chi connectivity index (χ2n) is 4.23. The zero-order valence-corrected chi connectivity index (χ0v) is 10.4. The molecule has 0 aliphatic carbocycles. The molecule has 5 nitrogen and oxygen atoms in total. The molecule has 0 aromatic heterocycles. The Morgan fingerprint density at radius 1 is 1.15 bits per heavy atom. The molecule has 0 spiro atoms. The smallest absolute Gasteiger partial charge is 0.335 e. The van der Waals surface area contributed by atoms with E-state index < -0.39 is 5.97 Å². The number of carbonyl (C=O) groups is 1. The van der Waals surface area contributed by atoms with Crippen molar-refractivity contribution in [2.75, 3.05) is 6.79 Å². The number of hydrogen-bond acceptors (Lipinski definition) is 4. The van der Waals surface area contributed by atoms with Gasteiger partial charge < -0.3 is 14.6 Å². The molecule has 5 heteroatoms. The van der Waals surface area contributed by atoms with Crippen LogP contribution in [0.3, 0.4) is 0 Å². The van der Waals surface area contributed by atoms with E-state index in [1.807, 2.05) is 18.2 Å². The Balaban J connectivity index is 1.83. The Kier molecular flexibility index (Phi) is 3.09. The van der Waals surface area contributed by atoms with Crippen molar-refractivity contribution in [3.8, 4) is 11.5 Å². The average Bonchev–Trinajstić information content (AvgIpc) is 2.93. The Morgan fingerprint density at radius 3 is 2.85 bits per heavy atom. The number of carboxylic acid groups (broad SMARTS) is 1. The lowest BCUT2D eigenvalue weighted by atomic mass is 10.2. The molecule has 0 radical (unpaired) electrons. The molecule has 2 aromatic carbocycles. The van der Waals surface area contributed by atoms with Crippen LogP contribution in [0, 0.1) is 0 Å². The number of benzene rings is 2. The van der Waals surface area contributed by atoms with Crippen molar-refractivity contribution in [3.05, 3.63) is 53.6 Å². The van der Waals surface area contributed by atoms with Gasteiger partial charge in [-0.3, -0.25) is 4.99 Å². The molecule has 20 heavy (non-hydrogen) atoms. The first-order valence-electron chi connectivity index (χ1n) is 5.99. The number of aromatic carboxylic acids is 1. The molecular weight excluding hydrogens is 258 g/mol. The number of nitrogens with zero attached hydrogens (tertiary/aromatic N) is 1. The van der Waals surface area contributed by atoms with Crippen LogP contribution in [0.1, 0.15) is 15.9 Å². The summed E-state index contributed by atoms with van der Waals surface area (Å²) in [7, 11) is 0. The summed E-state index contributed by atoms with van der Waals surface area (Å²) in [6.07, 6.45) is 1.66. The number of carboxylic acids is 1. The highest BCUT2D eigenvalue weighted by molar-refractivity contribution is 5.89. The third kappa shape index (κ3) is 2.47. The quantitative estimate of drug-likeness (QED) is 0.870. The van der Waals surface area contributed by atoms with E-state index >= 15 is 0 Å². The SMILES string of the molecule is O=C(O)c1cccc(N=Cc2ccc3c(c2)OCO3)c1. The largest absolute Gasteiger partial charge is 0.478 e. The molecule has 0 bridgehead atoms. The molecule has 1 aliphatic heterocycles. The van der Waals surface area contributed by atoms with Gasteiger partial charge in [-0.25, -0.2) is 4.79 Å². The standard InChI is InChI=1S/C15H11NO4/c17-15(18)11-2-1-3-12(7-11)16-8-10-4-5-13-14(6-10)20-9-19-13/h1-8H,9H2,(H,17,18). The van der Waals surface area contributed by atoms with Crippen molar-refractivity contribution in [1.82, 2.24) is 0 Å². The topological polar surface area (TPSA) is 68.1 Å². The van der Waals surface area contributed by atoms with Crippen molar-refractivity contribution >= 4 is 17.9 Å². The van der Waals surface area contributed by atoms with Gasteiger partial charge >= 0.3 is 5.97 Å². The number of fused-ring (bicyclic) bond motifs is 1. The third-order valence-corrected chi connectivity index (χ3v) is 2.85. The van der Waals surface area contributed by atoms with Gasteiger partial charge in [0.1, 0.15) is 0 Å². The average molecular weight is 269 g/mol. The summed E-state index contributed by atoms with van der Waals surface area (Å²) in [6, 6.07) is 12.0. The Hall–Kier alpha value is -2.82. The maximum absolute atomic E-state index is 10.9. The number of rotatable bonds is 3. The maximum Gasteiger partial charge on any atom is 0.335 e. The van der Waals surface area contributed by atoms with Gasteiger partial charge in [0.05, 0.1) is 11.3 Å². The number of hydrogen-bond donors (Lipinski definition) is 1. The van der Waals surface area contributed by atoms with Gasteiger partial charge in [-0.05, 0) is 42.0 Å². The zero-order chi connectivity index (χ0) is 13.9. The molecule has 0 atom stereocenters. The lowest BCUT2D eigenvalue weighted by Gasteiger charge is -1.98. The maximum atomic E-state index is 10.9. The predicted octanol–water partition coefficient (Wildman–Crippen LogP) is 2.86. The van der Waals surface area contributed by atoms with Gasteiger partial charge in [0.25, 0.3) is 0 Å². The first kappa shape index (κ1) is 12.2. The van der Waals surface area contributed by atoms with E-state index in [1.165, 1.54) is 12.1 Å². The van der Waals surface area contributed by atoms with Crippen LogP contribution in [-0.2, 0) is 0 Å². The lowest BCUT2D eigenvalue weighted by molar-refractivity contribution is 0.0697. The van der Waals surface area contributed by atoms with E-state index in [2.05, 4.69) is 4.99 Å². The van der Waals surface area contributed by atoms with E-state index in [9.17, 15) is 4.79 Å². The molecule has 0 amide bonds. The van der Waals surface area contributed by atoms with Crippen LogP contribution in [-0.4, -0.2) is 24.1 Å². The summed E-state index contributed by atoms with van der Waals surface area (Å²) in [5.74, 6) is 0.438. The van der Waals surface area contributed by atoms with Gasteiger partial charge in [-0.2, -0.15) is 0 Å². The molecule has 1 N–H and O–H groups in total. The van der Waals surface area contributed by atoms with E-state index in [0.29, 0.717) is 11.4 Å². The minimum Gasteiger partial charge on any atom is -0.478 e. The van der Waals surface area contributed by atoms with E-state index in [0.717, 1.165) is 11.3 Å². The van der Waals surface area contributed by atoms with Crippen LogP contribution in [0.4, 0.5) is 5.69 Å². The summed E-state index contributed by atoms with van der Waals surface area (Å²) in [4.78, 5) is 15.1. The van der Waals surface area contributed by atoms with Gasteiger partial charge in [0.15, 0.2) is 11.5 Å². The summed E-state index contributed by atoms with van der Waals surface area (Å²) in [5, 5.41) is 8.92. The van der Waals surface area contributed by atoms with Gasteiger partial charge in [-0.15, -0.1) is 0 Å². The van der Waals surface area contributed by atoms with Crippen LogP contribution >= 0.6 is 0 Å². The summed E-state index contributed by atoms with van der Waals surface area (Å²) in [5.41, 5.74) is 1.66. The molecule has 0 unspecified atom stereocenters. The summed E-state index contributed by atoms with van der Waals surface area (Å²) in [6.45, 7) is 0.233. The molecule has 0 fully saturated rings. The monoisotopic (exact) mass is 269 g/mol. The van der Waals surface area contributed by atoms with Crippen molar-refractivity contribution < 1.29 is 19.4 Å². The molecule has 1 heterocycles. The fourth-order valence-electron chi connectivity index (χ4n) is 1.86.